The number of hydrogen-bond acceptors (Lipinski definition) is 3. The second-order valence-corrected chi connectivity index (χ2v) is 9.24. The fourth-order valence-electron chi connectivity index (χ4n) is 2.65. The second kappa shape index (κ2) is 8.82. The van der Waals surface area contributed by atoms with E-state index in [1.165, 1.54) is 12.1 Å². The number of nitrogens with one attached hydrogen (secondary N) is 1. The Balaban J connectivity index is 2.24. The zero-order valence-electron chi connectivity index (χ0n) is 15.3. The summed E-state index contributed by atoms with van der Waals surface area (Å²) in [7, 11) is -1.51. The Labute approximate surface area is 155 Å². The van der Waals surface area contributed by atoms with E-state index in [2.05, 4.69) is 4.72 Å². The van der Waals surface area contributed by atoms with Gasteiger partial charge in [-0.3, -0.25) is 0 Å². The van der Waals surface area contributed by atoms with Gasteiger partial charge in [0.2, 0.25) is 0 Å². The van der Waals surface area contributed by atoms with E-state index in [0.29, 0.717) is 26.1 Å². The normalized spacial score (nSPS) is 19.3. The van der Waals surface area contributed by atoms with Gasteiger partial charge in [-0.25, -0.2) is 8.93 Å². The Hall–Kier alpha value is -0.960. The van der Waals surface area contributed by atoms with E-state index in [4.69, 9.17) is 9.47 Å². The van der Waals surface area contributed by atoms with Gasteiger partial charge in [-0.05, 0) is 45.2 Å². The van der Waals surface area contributed by atoms with Crippen molar-refractivity contribution in [1.29, 1.82) is 0 Å². The molecule has 2 rings (SSSR count). The van der Waals surface area contributed by atoms with Gasteiger partial charge in [0.25, 0.3) is 0 Å². The van der Waals surface area contributed by atoms with Crippen molar-refractivity contribution in [1.82, 2.24) is 4.72 Å². The van der Waals surface area contributed by atoms with Gasteiger partial charge in [0.15, 0.2) is 6.29 Å². The van der Waals surface area contributed by atoms with Crippen molar-refractivity contribution in [3.63, 3.8) is 0 Å². The number of ether oxygens (including phenoxy) is 2. The van der Waals surface area contributed by atoms with Crippen LogP contribution < -0.4 is 4.72 Å². The van der Waals surface area contributed by atoms with Crippen LogP contribution in [0.1, 0.15) is 57.2 Å². The van der Waals surface area contributed by atoms with E-state index in [1.54, 1.807) is 26.8 Å². The van der Waals surface area contributed by atoms with Gasteiger partial charge < -0.3 is 9.47 Å². The molecule has 0 spiro atoms. The lowest BCUT2D eigenvalue weighted by molar-refractivity contribution is -0.182. The second-order valence-electron chi connectivity index (χ2n) is 7.24. The van der Waals surface area contributed by atoms with Crippen molar-refractivity contribution < 1.29 is 26.9 Å². The molecule has 1 aliphatic rings. The summed E-state index contributed by atoms with van der Waals surface area (Å²) >= 11 is 0. The highest BCUT2D eigenvalue weighted by Gasteiger charge is 2.36. The van der Waals surface area contributed by atoms with E-state index < -0.39 is 39.8 Å². The maximum absolute atomic E-state index is 13.4. The summed E-state index contributed by atoms with van der Waals surface area (Å²) in [6, 6.07) is 4.69. The molecule has 0 saturated carbocycles. The minimum atomic E-state index is -4.47. The first kappa shape index (κ1) is 21.3. The van der Waals surface area contributed by atoms with Crippen molar-refractivity contribution in [3.05, 3.63) is 35.4 Å². The largest absolute Gasteiger partial charge is 0.416 e. The first-order chi connectivity index (χ1) is 12.1. The van der Waals surface area contributed by atoms with E-state index >= 15 is 0 Å². The van der Waals surface area contributed by atoms with Gasteiger partial charge in [0, 0.05) is 12.5 Å². The number of benzene rings is 1. The average Bonchev–Trinajstić information content (AvgIpc) is 2.57. The van der Waals surface area contributed by atoms with Crippen molar-refractivity contribution in [2.75, 3.05) is 13.2 Å². The molecule has 26 heavy (non-hydrogen) atoms. The molecule has 2 atom stereocenters. The van der Waals surface area contributed by atoms with Crippen LogP contribution in [0.25, 0.3) is 0 Å². The molecule has 4 nitrogen and oxygen atoms in total. The lowest BCUT2D eigenvalue weighted by Crippen LogP contribution is -2.37. The van der Waals surface area contributed by atoms with E-state index in [9.17, 15) is 17.4 Å². The Morgan fingerprint density at radius 1 is 1.19 bits per heavy atom. The summed E-state index contributed by atoms with van der Waals surface area (Å²) in [6.45, 7) is 6.48. The van der Waals surface area contributed by atoms with Crippen LogP contribution in [0.3, 0.4) is 0 Å². The number of hydrogen-bond donors (Lipinski definition) is 1. The third-order valence-corrected chi connectivity index (χ3v) is 5.65. The topological polar surface area (TPSA) is 47.6 Å². The standard InChI is InChI=1S/C18H26F3NO3S/c1-17(2,3)26(23)22-15(9-10-16-24-11-6-12-25-16)13-7-4-5-8-14(13)18(19,20)21/h4-5,7-8,15-16,22H,6,9-12H2,1-3H3/t15-,26-/m0/s1. The van der Waals surface area contributed by atoms with Gasteiger partial charge >= 0.3 is 6.18 Å². The van der Waals surface area contributed by atoms with Crippen LogP contribution >= 0.6 is 0 Å². The van der Waals surface area contributed by atoms with Crippen molar-refractivity contribution >= 4 is 11.0 Å². The van der Waals surface area contributed by atoms with Crippen molar-refractivity contribution in [3.8, 4) is 0 Å². The predicted octanol–water partition coefficient (Wildman–Crippen LogP) is 4.34. The molecular weight excluding hydrogens is 367 g/mol. The molecule has 1 fully saturated rings. The first-order valence-corrected chi connectivity index (χ1v) is 9.81. The van der Waals surface area contributed by atoms with Gasteiger partial charge in [-0.15, -0.1) is 0 Å². The molecule has 1 aromatic rings. The Morgan fingerprint density at radius 3 is 2.38 bits per heavy atom. The maximum atomic E-state index is 13.4. The van der Waals surface area contributed by atoms with Crippen LogP contribution in [0, 0.1) is 0 Å². The SMILES string of the molecule is CC(C)(C)[S@](=O)N[C@@H](CCC1OCCCO1)c1ccccc1C(F)(F)F. The van der Waals surface area contributed by atoms with E-state index in [-0.39, 0.29) is 5.56 Å². The Morgan fingerprint density at radius 2 is 1.81 bits per heavy atom. The lowest BCUT2D eigenvalue weighted by atomic mass is 9.97. The molecule has 1 aliphatic heterocycles. The van der Waals surface area contributed by atoms with E-state index in [0.717, 1.165) is 12.5 Å². The van der Waals surface area contributed by atoms with Crippen LogP contribution in [0.2, 0.25) is 0 Å². The monoisotopic (exact) mass is 393 g/mol. The molecule has 1 heterocycles. The molecule has 0 aromatic heterocycles. The Kier molecular flexibility index (Phi) is 7.24. The summed E-state index contributed by atoms with van der Waals surface area (Å²) < 4.78 is 66.0. The third kappa shape index (κ3) is 6.04. The minimum Gasteiger partial charge on any atom is -0.353 e. The highest BCUT2D eigenvalue weighted by atomic mass is 32.2. The smallest absolute Gasteiger partial charge is 0.353 e. The van der Waals surface area contributed by atoms with Crippen molar-refractivity contribution in [2.24, 2.45) is 0 Å². The van der Waals surface area contributed by atoms with Gasteiger partial charge in [-0.1, -0.05) is 18.2 Å². The molecule has 0 radical (unpaired) electrons. The van der Waals surface area contributed by atoms with Gasteiger partial charge in [0.1, 0.15) is 0 Å². The van der Waals surface area contributed by atoms with Gasteiger partial charge in [-0.2, -0.15) is 13.2 Å². The number of halogens is 3. The molecule has 0 aliphatic carbocycles. The highest BCUT2D eigenvalue weighted by Crippen LogP contribution is 2.36. The van der Waals surface area contributed by atoms with Crippen LogP contribution in [-0.4, -0.2) is 28.5 Å². The summed E-state index contributed by atoms with van der Waals surface area (Å²) in [4.78, 5) is 0. The molecular formula is C18H26F3NO3S. The van der Waals surface area contributed by atoms with Crippen LogP contribution in [0.15, 0.2) is 24.3 Å². The predicted molar refractivity (Wildman–Crippen MR) is 94.8 cm³/mol. The summed E-state index contributed by atoms with van der Waals surface area (Å²) in [5, 5.41) is 0. The maximum Gasteiger partial charge on any atom is 0.416 e. The highest BCUT2D eigenvalue weighted by molar-refractivity contribution is 7.84. The van der Waals surface area contributed by atoms with E-state index in [1.807, 2.05) is 0 Å². The van der Waals surface area contributed by atoms with Crippen LogP contribution in [0.5, 0.6) is 0 Å². The fourth-order valence-corrected chi connectivity index (χ4v) is 3.51. The molecule has 1 saturated heterocycles. The minimum absolute atomic E-state index is 0.0911. The molecule has 0 amide bonds. The molecule has 1 N–H and O–H groups in total. The number of alkyl halides is 3. The molecule has 0 bridgehead atoms. The zero-order valence-corrected chi connectivity index (χ0v) is 16.1. The fraction of sp³-hybridized carbons (Fsp3) is 0.667. The third-order valence-electron chi connectivity index (χ3n) is 4.03. The van der Waals surface area contributed by atoms with Crippen molar-refractivity contribution in [2.45, 2.75) is 63.3 Å². The average molecular weight is 393 g/mol. The number of rotatable bonds is 6. The molecule has 148 valence electrons. The summed E-state index contributed by atoms with van der Waals surface area (Å²) in [5.74, 6) is 0. The molecule has 0 unspecified atom stereocenters. The first-order valence-electron chi connectivity index (χ1n) is 8.66. The molecule has 1 aromatic carbocycles. The summed E-state index contributed by atoms with van der Waals surface area (Å²) in [5.41, 5.74) is -0.623. The quantitative estimate of drug-likeness (QED) is 0.782. The molecule has 8 heteroatoms. The Bertz CT molecular complexity index is 610. The van der Waals surface area contributed by atoms with Crippen LogP contribution in [0.4, 0.5) is 13.2 Å². The van der Waals surface area contributed by atoms with Crippen LogP contribution in [-0.2, 0) is 26.6 Å². The summed E-state index contributed by atoms with van der Waals surface area (Å²) in [6.07, 6.45) is -3.36. The lowest BCUT2D eigenvalue weighted by Gasteiger charge is -2.29. The van der Waals surface area contributed by atoms with Gasteiger partial charge in [0.05, 0.1) is 34.5 Å². The zero-order chi connectivity index (χ0) is 19.4.